The quantitative estimate of drug-likeness (QED) is 0.856. The summed E-state index contributed by atoms with van der Waals surface area (Å²) in [5.41, 5.74) is 6.72. The SMILES string of the molecule is CC1CCN(C(=O)c2cc(Br)cn2C)CC1N. The molecule has 17 heavy (non-hydrogen) atoms. The number of hydrogen-bond acceptors (Lipinski definition) is 2. The van der Waals surface area contributed by atoms with Crippen molar-refractivity contribution in [2.45, 2.75) is 19.4 Å². The Balaban J connectivity index is 2.13. The first-order chi connectivity index (χ1) is 7.99. The molecule has 1 amide bonds. The van der Waals surface area contributed by atoms with Crippen molar-refractivity contribution in [3.63, 3.8) is 0 Å². The molecule has 1 aromatic rings. The topological polar surface area (TPSA) is 51.3 Å². The normalized spacial score (nSPS) is 25.1. The zero-order valence-electron chi connectivity index (χ0n) is 10.2. The molecule has 0 bridgehead atoms. The Morgan fingerprint density at radius 3 is 2.82 bits per heavy atom. The first-order valence-corrected chi connectivity index (χ1v) is 6.65. The van der Waals surface area contributed by atoms with Gasteiger partial charge in [-0.2, -0.15) is 0 Å². The van der Waals surface area contributed by atoms with Crippen LogP contribution in [0.4, 0.5) is 0 Å². The molecule has 1 aliphatic rings. The molecule has 2 atom stereocenters. The molecule has 1 fully saturated rings. The Morgan fingerprint density at radius 2 is 2.29 bits per heavy atom. The molecular weight excluding hydrogens is 282 g/mol. The number of halogens is 1. The van der Waals surface area contributed by atoms with Gasteiger partial charge in [-0.05, 0) is 34.3 Å². The van der Waals surface area contributed by atoms with Gasteiger partial charge in [-0.15, -0.1) is 0 Å². The summed E-state index contributed by atoms with van der Waals surface area (Å²) in [5, 5.41) is 0. The lowest BCUT2D eigenvalue weighted by Gasteiger charge is -2.35. The number of rotatable bonds is 1. The van der Waals surface area contributed by atoms with Gasteiger partial charge in [0.1, 0.15) is 5.69 Å². The van der Waals surface area contributed by atoms with Gasteiger partial charge in [-0.25, -0.2) is 0 Å². The van der Waals surface area contributed by atoms with Crippen LogP contribution in [0.1, 0.15) is 23.8 Å². The van der Waals surface area contributed by atoms with Gasteiger partial charge in [0, 0.05) is 36.8 Å². The van der Waals surface area contributed by atoms with Crippen molar-refractivity contribution in [2.75, 3.05) is 13.1 Å². The first-order valence-electron chi connectivity index (χ1n) is 5.85. The van der Waals surface area contributed by atoms with Crippen molar-refractivity contribution in [1.82, 2.24) is 9.47 Å². The highest BCUT2D eigenvalue weighted by atomic mass is 79.9. The van der Waals surface area contributed by atoms with Gasteiger partial charge in [0.2, 0.25) is 0 Å². The molecule has 0 radical (unpaired) electrons. The van der Waals surface area contributed by atoms with Crippen LogP contribution in [0.25, 0.3) is 0 Å². The minimum atomic E-state index is 0.0700. The largest absolute Gasteiger partial charge is 0.345 e. The maximum atomic E-state index is 12.3. The fraction of sp³-hybridized carbons (Fsp3) is 0.583. The third-order valence-electron chi connectivity index (χ3n) is 3.49. The van der Waals surface area contributed by atoms with Crippen LogP contribution >= 0.6 is 15.9 Å². The van der Waals surface area contributed by atoms with Gasteiger partial charge in [-0.3, -0.25) is 4.79 Å². The summed E-state index contributed by atoms with van der Waals surface area (Å²) in [7, 11) is 1.88. The van der Waals surface area contributed by atoms with E-state index in [0.717, 1.165) is 17.4 Å². The summed E-state index contributed by atoms with van der Waals surface area (Å²) in [5.74, 6) is 0.569. The predicted molar refractivity (Wildman–Crippen MR) is 70.8 cm³/mol. The molecule has 1 saturated heterocycles. The minimum Gasteiger partial charge on any atom is -0.345 e. The number of aromatic nitrogens is 1. The second-order valence-electron chi connectivity index (χ2n) is 4.84. The molecule has 2 unspecified atom stereocenters. The van der Waals surface area contributed by atoms with E-state index in [9.17, 15) is 4.79 Å². The van der Waals surface area contributed by atoms with Crippen molar-refractivity contribution in [1.29, 1.82) is 0 Å². The minimum absolute atomic E-state index is 0.0700. The van der Waals surface area contributed by atoms with Crippen LogP contribution < -0.4 is 5.73 Å². The van der Waals surface area contributed by atoms with Crippen molar-refractivity contribution in [2.24, 2.45) is 18.7 Å². The number of carbonyl (C=O) groups is 1. The number of aryl methyl sites for hydroxylation is 1. The molecule has 2 rings (SSSR count). The van der Waals surface area contributed by atoms with E-state index in [1.54, 1.807) is 0 Å². The summed E-state index contributed by atoms with van der Waals surface area (Å²) in [4.78, 5) is 14.2. The first kappa shape index (κ1) is 12.6. The van der Waals surface area contributed by atoms with E-state index >= 15 is 0 Å². The third kappa shape index (κ3) is 2.55. The molecule has 4 nitrogen and oxygen atoms in total. The number of piperidine rings is 1. The zero-order valence-corrected chi connectivity index (χ0v) is 11.8. The van der Waals surface area contributed by atoms with Crippen molar-refractivity contribution in [3.05, 3.63) is 22.4 Å². The Bertz CT molecular complexity index is 429. The summed E-state index contributed by atoms with van der Waals surface area (Å²) in [6.45, 7) is 3.60. The number of nitrogens with two attached hydrogens (primary N) is 1. The average Bonchev–Trinajstić information content (AvgIpc) is 2.61. The standard InChI is InChI=1S/C12H18BrN3O/c1-8-3-4-16(7-10(8)14)12(17)11-5-9(13)6-15(11)2/h5-6,8,10H,3-4,7,14H2,1-2H3. The molecule has 0 spiro atoms. The van der Waals surface area contributed by atoms with E-state index < -0.39 is 0 Å². The lowest BCUT2D eigenvalue weighted by Crippen LogP contribution is -2.50. The van der Waals surface area contributed by atoms with Crippen LogP contribution in [0.5, 0.6) is 0 Å². The smallest absolute Gasteiger partial charge is 0.270 e. The number of nitrogens with zero attached hydrogens (tertiary/aromatic N) is 2. The highest BCUT2D eigenvalue weighted by Crippen LogP contribution is 2.20. The van der Waals surface area contributed by atoms with Gasteiger partial charge in [0.15, 0.2) is 0 Å². The fourth-order valence-corrected chi connectivity index (χ4v) is 2.71. The van der Waals surface area contributed by atoms with Gasteiger partial charge in [0.05, 0.1) is 0 Å². The van der Waals surface area contributed by atoms with Crippen LogP contribution in [0.2, 0.25) is 0 Å². The number of amides is 1. The lowest BCUT2D eigenvalue weighted by atomic mass is 9.94. The Kier molecular flexibility index (Phi) is 3.58. The second kappa shape index (κ2) is 4.82. The van der Waals surface area contributed by atoms with Gasteiger partial charge >= 0.3 is 0 Å². The molecule has 0 aliphatic carbocycles. The van der Waals surface area contributed by atoms with Gasteiger partial charge < -0.3 is 15.2 Å². The van der Waals surface area contributed by atoms with E-state index in [4.69, 9.17) is 5.73 Å². The average molecular weight is 300 g/mol. The van der Waals surface area contributed by atoms with Crippen LogP contribution in [-0.2, 0) is 7.05 Å². The Labute approximate surface area is 110 Å². The molecule has 0 aromatic carbocycles. The third-order valence-corrected chi connectivity index (χ3v) is 3.93. The molecule has 2 N–H and O–H groups in total. The van der Waals surface area contributed by atoms with Crippen molar-refractivity contribution < 1.29 is 4.79 Å². The van der Waals surface area contributed by atoms with Gasteiger partial charge in [0.25, 0.3) is 5.91 Å². The monoisotopic (exact) mass is 299 g/mol. The van der Waals surface area contributed by atoms with E-state index in [2.05, 4.69) is 22.9 Å². The maximum Gasteiger partial charge on any atom is 0.270 e. The molecule has 0 saturated carbocycles. The molecular formula is C12H18BrN3O. The van der Waals surface area contributed by atoms with E-state index in [1.165, 1.54) is 0 Å². The summed E-state index contributed by atoms with van der Waals surface area (Å²) in [6, 6.07) is 1.95. The van der Waals surface area contributed by atoms with Crippen LogP contribution in [0, 0.1) is 5.92 Å². The zero-order chi connectivity index (χ0) is 12.6. The summed E-state index contributed by atoms with van der Waals surface area (Å²) >= 11 is 3.38. The van der Waals surface area contributed by atoms with Crippen molar-refractivity contribution in [3.8, 4) is 0 Å². The van der Waals surface area contributed by atoms with Crippen LogP contribution in [0.15, 0.2) is 16.7 Å². The van der Waals surface area contributed by atoms with Crippen molar-refractivity contribution >= 4 is 21.8 Å². The van der Waals surface area contributed by atoms with Crippen LogP contribution in [0.3, 0.4) is 0 Å². The number of carbonyl (C=O) groups excluding carboxylic acids is 1. The van der Waals surface area contributed by atoms with Gasteiger partial charge in [-0.1, -0.05) is 6.92 Å². The summed E-state index contributed by atoms with van der Waals surface area (Å²) < 4.78 is 2.77. The highest BCUT2D eigenvalue weighted by molar-refractivity contribution is 9.10. The van der Waals surface area contributed by atoms with E-state index in [1.807, 2.05) is 28.8 Å². The molecule has 2 heterocycles. The predicted octanol–water partition coefficient (Wildman–Crippen LogP) is 1.60. The number of hydrogen-bond donors (Lipinski definition) is 1. The Hall–Kier alpha value is -0.810. The van der Waals surface area contributed by atoms with E-state index in [-0.39, 0.29) is 11.9 Å². The van der Waals surface area contributed by atoms with E-state index in [0.29, 0.717) is 18.2 Å². The summed E-state index contributed by atoms with van der Waals surface area (Å²) in [6.07, 6.45) is 2.87. The molecule has 1 aromatic heterocycles. The second-order valence-corrected chi connectivity index (χ2v) is 5.75. The molecule has 1 aliphatic heterocycles. The maximum absolute atomic E-state index is 12.3. The lowest BCUT2D eigenvalue weighted by molar-refractivity contribution is 0.0663. The highest BCUT2D eigenvalue weighted by Gasteiger charge is 2.27. The molecule has 5 heteroatoms. The van der Waals surface area contributed by atoms with Crippen LogP contribution in [-0.4, -0.2) is 34.5 Å². The Morgan fingerprint density at radius 1 is 1.59 bits per heavy atom. The fourth-order valence-electron chi connectivity index (χ4n) is 2.18. The number of likely N-dealkylation sites (tertiary alicyclic amines) is 1. The molecule has 94 valence electrons.